The van der Waals surface area contributed by atoms with Crippen LogP contribution in [0.2, 0.25) is 0 Å². The smallest absolute Gasteiger partial charge is 0.163 e. The molecule has 1 unspecified atom stereocenters. The number of ketones is 1. The van der Waals surface area contributed by atoms with Crippen molar-refractivity contribution in [1.82, 2.24) is 0 Å². The van der Waals surface area contributed by atoms with Gasteiger partial charge in [0.25, 0.3) is 0 Å². The largest absolute Gasteiger partial charge is 0.294 e. The maximum atomic E-state index is 11.7. The van der Waals surface area contributed by atoms with Crippen LogP contribution in [0.25, 0.3) is 5.57 Å². The second-order valence-electron chi connectivity index (χ2n) is 3.99. The molecule has 1 aliphatic carbocycles. The summed E-state index contributed by atoms with van der Waals surface area (Å²) in [5, 5.41) is 4.18. The Labute approximate surface area is 88.5 Å². The summed E-state index contributed by atoms with van der Waals surface area (Å²) in [6.45, 7) is 4.24. The van der Waals surface area contributed by atoms with Crippen molar-refractivity contribution in [2.75, 3.05) is 0 Å². The molecule has 0 spiro atoms. The van der Waals surface area contributed by atoms with Crippen LogP contribution in [0, 0.1) is 12.8 Å². The van der Waals surface area contributed by atoms with Crippen LogP contribution in [0.4, 0.5) is 0 Å². The molecule has 2 rings (SSSR count). The van der Waals surface area contributed by atoms with Gasteiger partial charge in [-0.15, -0.1) is 0 Å². The minimum Gasteiger partial charge on any atom is -0.294 e. The summed E-state index contributed by atoms with van der Waals surface area (Å²) in [4.78, 5) is 11.7. The van der Waals surface area contributed by atoms with Crippen molar-refractivity contribution >= 4 is 22.7 Å². The quantitative estimate of drug-likeness (QED) is 0.688. The molecule has 2 heteroatoms. The van der Waals surface area contributed by atoms with E-state index in [0.717, 1.165) is 17.6 Å². The molecule has 0 fully saturated rings. The van der Waals surface area contributed by atoms with Crippen molar-refractivity contribution in [1.29, 1.82) is 0 Å². The average Bonchev–Trinajstić information content (AvgIpc) is 2.56. The van der Waals surface area contributed by atoms with Crippen molar-refractivity contribution in [2.45, 2.75) is 26.7 Å². The van der Waals surface area contributed by atoms with Crippen molar-refractivity contribution in [3.63, 3.8) is 0 Å². The van der Waals surface area contributed by atoms with E-state index in [1.165, 1.54) is 5.56 Å². The third-order valence-electron chi connectivity index (χ3n) is 2.72. The van der Waals surface area contributed by atoms with Crippen LogP contribution < -0.4 is 0 Å². The molecule has 1 atom stereocenters. The first-order valence-corrected chi connectivity index (χ1v) is 5.91. The molecule has 1 heterocycles. The third-order valence-corrected chi connectivity index (χ3v) is 3.59. The second kappa shape index (κ2) is 3.70. The summed E-state index contributed by atoms with van der Waals surface area (Å²) in [6, 6.07) is 0. The molecular formula is C12H14OS. The van der Waals surface area contributed by atoms with Crippen LogP contribution in [-0.2, 0) is 4.79 Å². The molecule has 0 aliphatic heterocycles. The van der Waals surface area contributed by atoms with E-state index in [-0.39, 0.29) is 0 Å². The topological polar surface area (TPSA) is 17.1 Å². The highest BCUT2D eigenvalue weighted by Gasteiger charge is 2.20. The van der Waals surface area contributed by atoms with Crippen LogP contribution in [-0.4, -0.2) is 5.78 Å². The van der Waals surface area contributed by atoms with E-state index in [9.17, 15) is 4.79 Å². The van der Waals surface area contributed by atoms with Crippen molar-refractivity contribution in [3.8, 4) is 0 Å². The third kappa shape index (κ3) is 1.67. The first-order valence-electron chi connectivity index (χ1n) is 4.96. The Balaban J connectivity index is 2.42. The first-order chi connectivity index (χ1) is 6.68. The Morgan fingerprint density at radius 3 is 2.86 bits per heavy atom. The van der Waals surface area contributed by atoms with Crippen LogP contribution in [0.15, 0.2) is 16.8 Å². The highest BCUT2D eigenvalue weighted by molar-refractivity contribution is 7.08. The van der Waals surface area contributed by atoms with E-state index in [2.05, 4.69) is 30.7 Å². The van der Waals surface area contributed by atoms with Gasteiger partial charge in [-0.25, -0.2) is 0 Å². The molecule has 0 saturated heterocycles. The fraction of sp³-hybridized carbons (Fsp3) is 0.417. The highest BCUT2D eigenvalue weighted by atomic mass is 32.1. The predicted octanol–water partition coefficient (Wildman–Crippen LogP) is 3.44. The Kier molecular flexibility index (Phi) is 2.55. The molecule has 1 aliphatic rings. The van der Waals surface area contributed by atoms with Gasteiger partial charge in [0.05, 0.1) is 0 Å². The number of rotatable bonds is 1. The van der Waals surface area contributed by atoms with Gasteiger partial charge in [-0.05, 0) is 41.1 Å². The summed E-state index contributed by atoms with van der Waals surface area (Å²) in [5.74, 6) is 0.853. The van der Waals surface area contributed by atoms with E-state index in [0.29, 0.717) is 18.1 Å². The Morgan fingerprint density at radius 1 is 1.43 bits per heavy atom. The number of Topliss-reactive ketones (excluding diaryl/α,β-unsaturated/α-hetero) is 1. The van der Waals surface area contributed by atoms with Crippen molar-refractivity contribution in [2.24, 2.45) is 5.92 Å². The maximum absolute atomic E-state index is 11.7. The van der Waals surface area contributed by atoms with Gasteiger partial charge in [-0.1, -0.05) is 13.0 Å². The molecule has 0 radical (unpaired) electrons. The van der Waals surface area contributed by atoms with Gasteiger partial charge in [-0.3, -0.25) is 4.79 Å². The van der Waals surface area contributed by atoms with Gasteiger partial charge in [0, 0.05) is 12.0 Å². The predicted molar refractivity (Wildman–Crippen MR) is 60.4 cm³/mol. The Bertz CT molecular complexity index is 387. The summed E-state index contributed by atoms with van der Waals surface area (Å²) in [7, 11) is 0. The molecular weight excluding hydrogens is 192 g/mol. The fourth-order valence-electron chi connectivity index (χ4n) is 1.83. The van der Waals surface area contributed by atoms with E-state index in [1.807, 2.05) is 0 Å². The fourth-order valence-corrected chi connectivity index (χ4v) is 2.68. The van der Waals surface area contributed by atoms with Gasteiger partial charge < -0.3 is 0 Å². The standard InChI is InChI=1S/C12H14OS/c1-8-3-4-12(13)10(5-8)11-7-14-6-9(11)2/h5-8H,3-4H2,1-2H3. The van der Waals surface area contributed by atoms with E-state index < -0.39 is 0 Å². The summed E-state index contributed by atoms with van der Waals surface area (Å²) in [6.07, 6.45) is 3.84. The minimum absolute atomic E-state index is 0.310. The van der Waals surface area contributed by atoms with Gasteiger partial charge >= 0.3 is 0 Å². The monoisotopic (exact) mass is 206 g/mol. The molecule has 1 aromatic heterocycles. The van der Waals surface area contributed by atoms with E-state index in [4.69, 9.17) is 0 Å². The van der Waals surface area contributed by atoms with E-state index >= 15 is 0 Å². The van der Waals surface area contributed by atoms with Gasteiger partial charge in [-0.2, -0.15) is 11.3 Å². The summed E-state index contributed by atoms with van der Waals surface area (Å²) < 4.78 is 0. The molecule has 0 bridgehead atoms. The number of hydrogen-bond donors (Lipinski definition) is 0. The second-order valence-corrected chi connectivity index (χ2v) is 4.73. The number of carbonyl (C=O) groups is 1. The SMILES string of the molecule is Cc1cscc1C1=CC(C)CCC1=O. The lowest BCUT2D eigenvalue weighted by atomic mass is 9.87. The molecule has 14 heavy (non-hydrogen) atoms. The lowest BCUT2D eigenvalue weighted by Crippen LogP contribution is -2.11. The summed E-state index contributed by atoms with van der Waals surface area (Å²) in [5.41, 5.74) is 3.32. The van der Waals surface area contributed by atoms with Crippen molar-refractivity contribution in [3.05, 3.63) is 28.0 Å². The van der Waals surface area contributed by atoms with Gasteiger partial charge in [0.2, 0.25) is 0 Å². The molecule has 0 aromatic carbocycles. The summed E-state index contributed by atoms with van der Waals surface area (Å²) >= 11 is 1.67. The molecule has 0 N–H and O–H groups in total. The number of aryl methyl sites for hydroxylation is 1. The van der Waals surface area contributed by atoms with Crippen LogP contribution >= 0.6 is 11.3 Å². The number of carbonyl (C=O) groups excluding carboxylic acids is 1. The van der Waals surface area contributed by atoms with Crippen LogP contribution in [0.1, 0.15) is 30.9 Å². The maximum Gasteiger partial charge on any atom is 0.163 e. The lowest BCUT2D eigenvalue weighted by Gasteiger charge is -2.16. The zero-order valence-corrected chi connectivity index (χ0v) is 9.36. The Hall–Kier alpha value is -0.890. The normalized spacial score (nSPS) is 22.3. The Morgan fingerprint density at radius 2 is 2.21 bits per heavy atom. The van der Waals surface area contributed by atoms with Gasteiger partial charge in [0.15, 0.2) is 5.78 Å². The van der Waals surface area contributed by atoms with Crippen molar-refractivity contribution < 1.29 is 4.79 Å². The first kappa shape index (κ1) is 9.66. The average molecular weight is 206 g/mol. The van der Waals surface area contributed by atoms with E-state index in [1.54, 1.807) is 11.3 Å². The molecule has 0 saturated carbocycles. The highest BCUT2D eigenvalue weighted by Crippen LogP contribution is 2.30. The number of thiophene rings is 1. The minimum atomic E-state index is 0.310. The number of allylic oxidation sites excluding steroid dienone is 2. The van der Waals surface area contributed by atoms with Crippen LogP contribution in [0.3, 0.4) is 0 Å². The molecule has 0 amide bonds. The van der Waals surface area contributed by atoms with Crippen LogP contribution in [0.5, 0.6) is 0 Å². The van der Waals surface area contributed by atoms with Gasteiger partial charge in [0.1, 0.15) is 0 Å². The molecule has 74 valence electrons. The molecule has 1 aromatic rings. The zero-order chi connectivity index (χ0) is 10.1. The number of hydrogen-bond acceptors (Lipinski definition) is 2. The lowest BCUT2D eigenvalue weighted by molar-refractivity contribution is -0.114. The molecule has 1 nitrogen and oxygen atoms in total. The zero-order valence-electron chi connectivity index (χ0n) is 8.54.